The average molecular weight is 329 g/mol. The van der Waals surface area contributed by atoms with Crippen LogP contribution >= 0.6 is 0 Å². The van der Waals surface area contributed by atoms with Gasteiger partial charge in [0.1, 0.15) is 11.5 Å². The van der Waals surface area contributed by atoms with E-state index in [1.807, 2.05) is 12.2 Å². The normalized spacial score (nSPS) is 40.0. The molecule has 0 aromatic carbocycles. The Kier molecular flexibility index (Phi) is 3.46. The van der Waals surface area contributed by atoms with Crippen LogP contribution in [0.2, 0.25) is 0 Å². The van der Waals surface area contributed by atoms with Crippen LogP contribution in [0.4, 0.5) is 0 Å². The molecule has 2 saturated heterocycles. The van der Waals surface area contributed by atoms with E-state index in [-0.39, 0.29) is 5.91 Å². The van der Waals surface area contributed by atoms with Crippen molar-refractivity contribution in [1.82, 2.24) is 4.90 Å². The molecule has 5 atom stereocenters. The van der Waals surface area contributed by atoms with Crippen molar-refractivity contribution in [2.45, 2.75) is 37.9 Å². The monoisotopic (exact) mass is 329 g/mol. The van der Waals surface area contributed by atoms with Gasteiger partial charge < -0.3 is 14.7 Å². The Morgan fingerprint density at radius 1 is 1.54 bits per heavy atom. The van der Waals surface area contributed by atoms with Crippen molar-refractivity contribution in [1.29, 1.82) is 0 Å². The molecule has 4 rings (SSSR count). The number of ether oxygens (including phenoxy) is 1. The second-order valence-electron chi connectivity index (χ2n) is 7.61. The van der Waals surface area contributed by atoms with Crippen LogP contribution < -0.4 is 0 Å². The fraction of sp³-hybridized carbons (Fsp3) is 0.579. The second-order valence-corrected chi connectivity index (χ2v) is 7.61. The summed E-state index contributed by atoms with van der Waals surface area (Å²) in [4.78, 5) is 26.2. The van der Waals surface area contributed by atoms with Crippen molar-refractivity contribution in [3.8, 4) is 0 Å². The number of aliphatic carboxylic acids is 1. The molecular formula is C19H23NO4. The molecule has 1 spiro atoms. The van der Waals surface area contributed by atoms with Crippen LogP contribution in [0.3, 0.4) is 0 Å². The van der Waals surface area contributed by atoms with Crippen molar-refractivity contribution in [3.05, 3.63) is 36.0 Å². The summed E-state index contributed by atoms with van der Waals surface area (Å²) in [6, 6.07) is 0. The number of carbonyl (C=O) groups excluding carboxylic acids is 1. The molecule has 5 nitrogen and oxygen atoms in total. The number of likely N-dealkylation sites (tertiary alicyclic amines) is 1. The molecule has 5 unspecified atom stereocenters. The molecule has 0 aromatic heterocycles. The highest BCUT2D eigenvalue weighted by Crippen LogP contribution is 2.52. The predicted octanol–water partition coefficient (Wildman–Crippen LogP) is 2.16. The maximum Gasteiger partial charge on any atom is 0.310 e. The Morgan fingerprint density at radius 2 is 2.33 bits per heavy atom. The highest BCUT2D eigenvalue weighted by atomic mass is 16.5. The molecule has 1 aliphatic carbocycles. The number of carboxylic acids is 1. The van der Waals surface area contributed by atoms with Crippen LogP contribution in [-0.4, -0.2) is 46.7 Å². The Morgan fingerprint density at radius 3 is 2.96 bits per heavy atom. The summed E-state index contributed by atoms with van der Waals surface area (Å²) >= 11 is 0. The third-order valence-electron chi connectivity index (χ3n) is 6.06. The summed E-state index contributed by atoms with van der Waals surface area (Å²) in [5, 5.41) is 9.48. The molecular weight excluding hydrogens is 306 g/mol. The van der Waals surface area contributed by atoms with Gasteiger partial charge in [0.05, 0.1) is 18.6 Å². The van der Waals surface area contributed by atoms with E-state index in [2.05, 4.69) is 19.6 Å². The number of nitrogens with zero attached hydrogens (tertiary/aromatic N) is 1. The van der Waals surface area contributed by atoms with Gasteiger partial charge in [0.15, 0.2) is 0 Å². The number of carbonyl (C=O) groups is 2. The molecule has 4 aliphatic rings. The molecule has 3 aliphatic heterocycles. The van der Waals surface area contributed by atoms with Crippen LogP contribution in [0, 0.1) is 17.8 Å². The molecule has 0 radical (unpaired) electrons. The quantitative estimate of drug-likeness (QED) is 0.803. The summed E-state index contributed by atoms with van der Waals surface area (Å²) in [5.74, 6) is -1.79. The van der Waals surface area contributed by atoms with Gasteiger partial charge in [-0.05, 0) is 32.1 Å². The molecule has 3 heterocycles. The first-order chi connectivity index (χ1) is 11.4. The van der Waals surface area contributed by atoms with E-state index in [0.29, 0.717) is 19.0 Å². The lowest BCUT2D eigenvalue weighted by atomic mass is 9.77. The summed E-state index contributed by atoms with van der Waals surface area (Å²) in [6.07, 6.45) is 8.52. The first-order valence-corrected chi connectivity index (χ1v) is 8.63. The molecule has 128 valence electrons. The molecule has 0 aromatic rings. The maximum atomic E-state index is 12.8. The zero-order valence-corrected chi connectivity index (χ0v) is 13.9. The molecule has 5 heteroatoms. The Hall–Kier alpha value is -1.88. The summed E-state index contributed by atoms with van der Waals surface area (Å²) in [6.45, 7) is 7.16. The number of fused-ring (bicyclic) bond motifs is 1. The number of allylic oxidation sites excluding steroid dienone is 2. The van der Waals surface area contributed by atoms with E-state index < -0.39 is 29.5 Å². The van der Waals surface area contributed by atoms with Gasteiger partial charge in [0.2, 0.25) is 5.91 Å². The van der Waals surface area contributed by atoms with Gasteiger partial charge in [-0.15, -0.1) is 0 Å². The average Bonchev–Trinajstić information content (AvgIpc) is 3.16. The van der Waals surface area contributed by atoms with E-state index in [4.69, 9.17) is 4.74 Å². The van der Waals surface area contributed by atoms with Crippen molar-refractivity contribution < 1.29 is 19.4 Å². The molecule has 2 bridgehead atoms. The van der Waals surface area contributed by atoms with Crippen LogP contribution in [-0.2, 0) is 14.3 Å². The van der Waals surface area contributed by atoms with Crippen LogP contribution in [0.25, 0.3) is 0 Å². The number of carboxylic acid groups (broad SMARTS) is 1. The fourth-order valence-corrected chi connectivity index (χ4v) is 4.72. The van der Waals surface area contributed by atoms with Crippen molar-refractivity contribution >= 4 is 11.9 Å². The van der Waals surface area contributed by atoms with Crippen LogP contribution in [0.5, 0.6) is 0 Å². The van der Waals surface area contributed by atoms with E-state index in [1.165, 1.54) is 11.1 Å². The van der Waals surface area contributed by atoms with Crippen molar-refractivity contribution in [3.63, 3.8) is 0 Å². The lowest BCUT2D eigenvalue weighted by Crippen LogP contribution is -2.39. The Balaban J connectivity index is 1.50. The topological polar surface area (TPSA) is 66.8 Å². The second kappa shape index (κ2) is 5.31. The Bertz CT molecular complexity index is 679. The first-order valence-electron chi connectivity index (χ1n) is 8.63. The third kappa shape index (κ3) is 2.18. The van der Waals surface area contributed by atoms with Crippen LogP contribution in [0.1, 0.15) is 26.2 Å². The summed E-state index contributed by atoms with van der Waals surface area (Å²) in [7, 11) is 0. The maximum absolute atomic E-state index is 12.8. The zero-order chi connectivity index (χ0) is 17.1. The van der Waals surface area contributed by atoms with E-state index in [9.17, 15) is 14.7 Å². The molecule has 1 amide bonds. The van der Waals surface area contributed by atoms with Crippen molar-refractivity contribution in [2.24, 2.45) is 17.8 Å². The van der Waals surface area contributed by atoms with Gasteiger partial charge in [-0.3, -0.25) is 9.59 Å². The van der Waals surface area contributed by atoms with Crippen molar-refractivity contribution in [2.75, 3.05) is 13.1 Å². The van der Waals surface area contributed by atoms with Gasteiger partial charge in [0, 0.05) is 6.54 Å². The largest absolute Gasteiger partial charge is 0.481 e. The highest BCUT2D eigenvalue weighted by Gasteiger charge is 2.67. The summed E-state index contributed by atoms with van der Waals surface area (Å²) in [5.41, 5.74) is 1.76. The molecule has 1 N–H and O–H groups in total. The standard InChI is InChI=1S/C19H23NO4/c1-11(2)13-5-3-12(4-6-13)9-20-10-19-8-7-14(24-19)15(18(22)23)16(19)17(20)21/h3,7-8,13-16H,1,4-6,9-10H2,2H3,(H,22,23). The highest BCUT2D eigenvalue weighted by molar-refractivity contribution is 5.90. The van der Waals surface area contributed by atoms with Gasteiger partial charge in [-0.1, -0.05) is 36.0 Å². The van der Waals surface area contributed by atoms with Gasteiger partial charge in [-0.2, -0.15) is 0 Å². The molecule has 2 fully saturated rings. The lowest BCUT2D eigenvalue weighted by molar-refractivity contribution is -0.148. The smallest absolute Gasteiger partial charge is 0.310 e. The Labute approximate surface area is 141 Å². The number of hydrogen-bond donors (Lipinski definition) is 1. The van der Waals surface area contributed by atoms with E-state index >= 15 is 0 Å². The first kappa shape index (κ1) is 15.6. The van der Waals surface area contributed by atoms with Gasteiger partial charge >= 0.3 is 5.97 Å². The number of hydrogen-bond acceptors (Lipinski definition) is 3. The van der Waals surface area contributed by atoms with Gasteiger partial charge in [-0.25, -0.2) is 0 Å². The minimum absolute atomic E-state index is 0.0721. The summed E-state index contributed by atoms with van der Waals surface area (Å²) < 4.78 is 5.91. The minimum Gasteiger partial charge on any atom is -0.481 e. The fourth-order valence-electron chi connectivity index (χ4n) is 4.72. The zero-order valence-electron chi connectivity index (χ0n) is 13.9. The van der Waals surface area contributed by atoms with E-state index in [0.717, 1.165) is 19.3 Å². The minimum atomic E-state index is -0.937. The number of amides is 1. The van der Waals surface area contributed by atoms with Crippen LogP contribution in [0.15, 0.2) is 36.0 Å². The van der Waals surface area contributed by atoms with E-state index in [1.54, 1.807) is 4.90 Å². The predicted molar refractivity (Wildman–Crippen MR) is 88.2 cm³/mol. The number of rotatable bonds is 4. The third-order valence-corrected chi connectivity index (χ3v) is 6.06. The SMILES string of the molecule is C=C(C)C1CC=C(CN2CC34C=CC(O3)C(C(=O)O)C4C2=O)CC1. The molecule has 24 heavy (non-hydrogen) atoms. The van der Waals surface area contributed by atoms with Gasteiger partial charge in [0.25, 0.3) is 0 Å². The molecule has 0 saturated carbocycles. The lowest BCUT2D eigenvalue weighted by Gasteiger charge is -2.26.